The normalized spacial score (nSPS) is 16.5. The van der Waals surface area contributed by atoms with E-state index < -0.39 is 29.1 Å². The van der Waals surface area contributed by atoms with Crippen molar-refractivity contribution in [3.05, 3.63) is 75.3 Å². The average Bonchev–Trinajstić information content (AvgIpc) is 3.17. The summed E-state index contributed by atoms with van der Waals surface area (Å²) in [5.74, 6) is -1.32. The number of imide groups is 1. The molecule has 1 saturated heterocycles. The molecule has 7 nitrogen and oxygen atoms in total. The minimum absolute atomic E-state index is 0.0571. The number of unbranched alkanes of at least 4 members (excludes halogenated alkanes) is 3. The van der Waals surface area contributed by atoms with E-state index in [2.05, 4.69) is 4.90 Å². The fourth-order valence-electron chi connectivity index (χ4n) is 5.19. The summed E-state index contributed by atoms with van der Waals surface area (Å²) in [6.45, 7) is 5.23. The number of halogens is 4. The number of nitrogens with zero attached hydrogens (tertiary/aromatic N) is 4. The Hall–Kier alpha value is -3.68. The van der Waals surface area contributed by atoms with Crippen LogP contribution in [0.15, 0.2) is 53.6 Å². The third-order valence-corrected chi connectivity index (χ3v) is 7.87. The fraction of sp³-hybridized carbons (Fsp3) is 0.400. The molecule has 0 spiro atoms. The molecular weight excluding hydrogens is 557 g/mol. The van der Waals surface area contributed by atoms with Gasteiger partial charge in [-0.05, 0) is 63.1 Å². The van der Waals surface area contributed by atoms with Crippen molar-refractivity contribution >= 4 is 35.0 Å². The number of carbonyl (C=O) groups excluding carboxylic acids is 3. The molecule has 2 heterocycles. The standard InChI is InChI=1S/C30H30ClF3N4O3/c1-20-23(29(41)38(27(20)39)22-12-11-21(19-35)25(18-22)30(32,33)34)8-4-2-3-7-13-36-14-16-37(17-15-36)28(40)24-9-5-6-10-26(24)31/h5-6,9-12,18H,2-4,7-8,13-17H2,1H3. The van der Waals surface area contributed by atoms with Gasteiger partial charge in [-0.2, -0.15) is 18.4 Å². The molecule has 0 radical (unpaired) electrons. The SMILES string of the molecule is CC1=C(CCCCCCN2CCN(C(=O)c3ccccc3Cl)CC2)C(=O)N(c2ccc(C#N)c(C(F)(F)F)c2)C1=O. The largest absolute Gasteiger partial charge is 0.417 e. The first-order valence-electron chi connectivity index (χ1n) is 13.5. The first kappa shape index (κ1) is 30.3. The highest BCUT2D eigenvalue weighted by Gasteiger charge is 2.39. The molecule has 3 amide bonds. The molecule has 0 aliphatic carbocycles. The van der Waals surface area contributed by atoms with Gasteiger partial charge in [0.05, 0.1) is 33.5 Å². The van der Waals surface area contributed by atoms with E-state index in [0.29, 0.717) is 48.2 Å². The number of carbonyl (C=O) groups is 3. The van der Waals surface area contributed by atoms with E-state index in [1.54, 1.807) is 24.3 Å². The highest BCUT2D eigenvalue weighted by molar-refractivity contribution is 6.34. The zero-order valence-electron chi connectivity index (χ0n) is 22.6. The smallest absolute Gasteiger partial charge is 0.336 e. The zero-order valence-corrected chi connectivity index (χ0v) is 23.4. The molecule has 11 heteroatoms. The predicted octanol–water partition coefficient (Wildman–Crippen LogP) is 5.83. The summed E-state index contributed by atoms with van der Waals surface area (Å²) in [6.07, 6.45) is -1.07. The van der Waals surface area contributed by atoms with Gasteiger partial charge in [-0.1, -0.05) is 36.6 Å². The Balaban J connectivity index is 1.21. The molecule has 41 heavy (non-hydrogen) atoms. The Labute approximate surface area is 241 Å². The van der Waals surface area contributed by atoms with Gasteiger partial charge in [0.2, 0.25) is 0 Å². The first-order valence-corrected chi connectivity index (χ1v) is 13.9. The molecule has 2 aromatic carbocycles. The van der Waals surface area contributed by atoms with Gasteiger partial charge in [0.1, 0.15) is 0 Å². The van der Waals surface area contributed by atoms with Gasteiger partial charge in [-0.3, -0.25) is 19.3 Å². The summed E-state index contributed by atoms with van der Waals surface area (Å²) in [5, 5.41) is 9.46. The van der Waals surface area contributed by atoms with Crippen LogP contribution >= 0.6 is 11.6 Å². The maximum atomic E-state index is 13.4. The number of piperazine rings is 1. The molecule has 2 aromatic rings. The van der Waals surface area contributed by atoms with Crippen LogP contribution in [0, 0.1) is 11.3 Å². The summed E-state index contributed by atoms with van der Waals surface area (Å²) >= 11 is 6.16. The van der Waals surface area contributed by atoms with Crippen LogP contribution in [-0.2, 0) is 15.8 Å². The summed E-state index contributed by atoms with van der Waals surface area (Å²) in [6, 6.07) is 11.4. The number of hydrogen-bond acceptors (Lipinski definition) is 5. The van der Waals surface area contributed by atoms with Crippen molar-refractivity contribution in [3.63, 3.8) is 0 Å². The lowest BCUT2D eigenvalue weighted by atomic mass is 10.0. The summed E-state index contributed by atoms with van der Waals surface area (Å²) in [7, 11) is 0. The molecule has 0 bridgehead atoms. The number of alkyl halides is 3. The number of rotatable bonds is 9. The Morgan fingerprint density at radius 1 is 0.976 bits per heavy atom. The van der Waals surface area contributed by atoms with Crippen molar-refractivity contribution in [2.45, 2.75) is 45.2 Å². The molecule has 2 aliphatic rings. The lowest BCUT2D eigenvalue weighted by Crippen LogP contribution is -2.48. The van der Waals surface area contributed by atoms with E-state index in [0.717, 1.165) is 49.9 Å². The second kappa shape index (κ2) is 12.9. The second-order valence-electron chi connectivity index (χ2n) is 10.2. The van der Waals surface area contributed by atoms with Gasteiger partial charge in [0, 0.05) is 37.3 Å². The van der Waals surface area contributed by atoms with Crippen molar-refractivity contribution in [2.75, 3.05) is 37.6 Å². The number of benzene rings is 2. The number of hydrogen-bond donors (Lipinski definition) is 0. The van der Waals surface area contributed by atoms with Crippen LogP contribution < -0.4 is 4.90 Å². The molecule has 0 saturated carbocycles. The Kier molecular flexibility index (Phi) is 9.51. The highest BCUT2D eigenvalue weighted by Crippen LogP contribution is 2.37. The van der Waals surface area contributed by atoms with Crippen LogP contribution in [0.25, 0.3) is 0 Å². The fourth-order valence-corrected chi connectivity index (χ4v) is 5.40. The first-order chi connectivity index (χ1) is 19.5. The zero-order chi connectivity index (χ0) is 29.7. The quantitative estimate of drug-likeness (QED) is 0.273. The molecule has 4 rings (SSSR count). The van der Waals surface area contributed by atoms with Crippen molar-refractivity contribution in [1.82, 2.24) is 9.80 Å². The second-order valence-corrected chi connectivity index (χ2v) is 10.6. The minimum atomic E-state index is -4.79. The minimum Gasteiger partial charge on any atom is -0.336 e. The Morgan fingerprint density at radius 2 is 1.66 bits per heavy atom. The van der Waals surface area contributed by atoms with Gasteiger partial charge < -0.3 is 4.90 Å². The molecule has 0 atom stereocenters. The molecule has 0 N–H and O–H groups in total. The van der Waals surface area contributed by atoms with Gasteiger partial charge in [-0.25, -0.2) is 4.90 Å². The lowest BCUT2D eigenvalue weighted by Gasteiger charge is -2.35. The third kappa shape index (κ3) is 6.80. The molecule has 2 aliphatic heterocycles. The molecule has 1 fully saturated rings. The van der Waals surface area contributed by atoms with E-state index in [1.807, 2.05) is 4.90 Å². The monoisotopic (exact) mass is 586 g/mol. The van der Waals surface area contributed by atoms with Crippen LogP contribution in [0.4, 0.5) is 18.9 Å². The summed E-state index contributed by atoms with van der Waals surface area (Å²) in [4.78, 5) is 43.4. The van der Waals surface area contributed by atoms with Crippen molar-refractivity contribution < 1.29 is 27.6 Å². The number of nitriles is 1. The van der Waals surface area contributed by atoms with Crippen molar-refractivity contribution in [1.29, 1.82) is 5.26 Å². The van der Waals surface area contributed by atoms with Crippen LogP contribution in [-0.4, -0.2) is 60.2 Å². The van der Waals surface area contributed by atoms with E-state index in [1.165, 1.54) is 19.1 Å². The predicted molar refractivity (Wildman–Crippen MR) is 148 cm³/mol. The summed E-state index contributed by atoms with van der Waals surface area (Å²) in [5.41, 5.74) is -0.893. The topological polar surface area (TPSA) is 84.7 Å². The van der Waals surface area contributed by atoms with E-state index in [4.69, 9.17) is 16.9 Å². The lowest BCUT2D eigenvalue weighted by molar-refractivity contribution is -0.138. The van der Waals surface area contributed by atoms with Crippen molar-refractivity contribution in [2.24, 2.45) is 0 Å². The van der Waals surface area contributed by atoms with Crippen LogP contribution in [0.1, 0.15) is 60.5 Å². The van der Waals surface area contributed by atoms with Crippen LogP contribution in [0.3, 0.4) is 0 Å². The van der Waals surface area contributed by atoms with Gasteiger partial charge in [0.15, 0.2) is 0 Å². The molecular formula is C30H30ClF3N4O3. The van der Waals surface area contributed by atoms with Gasteiger partial charge >= 0.3 is 6.18 Å². The van der Waals surface area contributed by atoms with Gasteiger partial charge in [0.25, 0.3) is 17.7 Å². The third-order valence-electron chi connectivity index (χ3n) is 7.54. The highest BCUT2D eigenvalue weighted by atomic mass is 35.5. The molecule has 0 aromatic heterocycles. The molecule has 0 unspecified atom stereocenters. The maximum absolute atomic E-state index is 13.4. The van der Waals surface area contributed by atoms with E-state index in [9.17, 15) is 27.6 Å². The van der Waals surface area contributed by atoms with Crippen LogP contribution in [0.2, 0.25) is 5.02 Å². The average molecular weight is 587 g/mol. The van der Waals surface area contributed by atoms with Crippen molar-refractivity contribution in [3.8, 4) is 6.07 Å². The van der Waals surface area contributed by atoms with Crippen LogP contribution in [0.5, 0.6) is 0 Å². The maximum Gasteiger partial charge on any atom is 0.417 e. The van der Waals surface area contributed by atoms with Gasteiger partial charge in [-0.15, -0.1) is 0 Å². The number of anilines is 1. The summed E-state index contributed by atoms with van der Waals surface area (Å²) < 4.78 is 40.2. The Bertz CT molecular complexity index is 1410. The van der Waals surface area contributed by atoms with E-state index in [-0.39, 0.29) is 17.2 Å². The number of amides is 3. The van der Waals surface area contributed by atoms with E-state index >= 15 is 0 Å². The Morgan fingerprint density at radius 3 is 2.32 bits per heavy atom. The molecule has 216 valence electrons.